The number of rotatable bonds is 4. The van der Waals surface area contributed by atoms with Crippen molar-refractivity contribution in [2.24, 2.45) is 0 Å². The molecule has 0 saturated carbocycles. The fourth-order valence-electron chi connectivity index (χ4n) is 3.09. The summed E-state index contributed by atoms with van der Waals surface area (Å²) in [6, 6.07) is 13.8. The summed E-state index contributed by atoms with van der Waals surface area (Å²) in [4.78, 5) is 39.5. The van der Waals surface area contributed by atoms with Gasteiger partial charge >= 0.3 is 0 Å². The molecule has 2 rings (SSSR count). The first-order valence-corrected chi connectivity index (χ1v) is 9.69. The number of nitrogens with zero attached hydrogens (tertiary/aromatic N) is 3. The molecule has 0 aliphatic rings. The van der Waals surface area contributed by atoms with E-state index in [4.69, 9.17) is 0 Å². The molecule has 0 aliphatic heterocycles. The monoisotopic (exact) mass is 410 g/mol. The Kier molecular flexibility index (Phi) is 6.87. The van der Waals surface area contributed by atoms with Crippen LogP contribution in [0.15, 0.2) is 48.5 Å². The quantitative estimate of drug-likeness (QED) is 0.781. The maximum absolute atomic E-state index is 13.3. The number of hydrazine groups is 1. The Morgan fingerprint density at radius 3 is 1.67 bits per heavy atom. The largest absolute Gasteiger partial charge is 0.378 e. The number of nitrogens with one attached hydrogen (secondary N) is 1. The van der Waals surface area contributed by atoms with Crippen LogP contribution in [0.2, 0.25) is 0 Å². The zero-order chi connectivity index (χ0) is 22.6. The van der Waals surface area contributed by atoms with Crippen molar-refractivity contribution < 1.29 is 14.4 Å². The Hall–Kier alpha value is -3.35. The average Bonchev–Trinajstić information content (AvgIpc) is 2.66. The number of hydrogen-bond acceptors (Lipinski definition) is 4. The highest BCUT2D eigenvalue weighted by molar-refractivity contribution is 6.00. The van der Waals surface area contributed by atoms with Gasteiger partial charge in [-0.25, -0.2) is 10.0 Å². The van der Waals surface area contributed by atoms with E-state index in [0.717, 1.165) is 5.69 Å². The van der Waals surface area contributed by atoms with E-state index in [1.54, 1.807) is 43.4 Å². The molecule has 0 heterocycles. The van der Waals surface area contributed by atoms with Gasteiger partial charge < -0.3 is 10.2 Å². The molecule has 0 atom stereocenters. The first-order chi connectivity index (χ1) is 13.9. The van der Waals surface area contributed by atoms with E-state index in [0.29, 0.717) is 16.8 Å². The summed E-state index contributed by atoms with van der Waals surface area (Å²) in [6.07, 6.45) is 0. The highest BCUT2D eigenvalue weighted by atomic mass is 16.2. The van der Waals surface area contributed by atoms with Gasteiger partial charge in [0.05, 0.1) is 5.54 Å². The molecule has 30 heavy (non-hydrogen) atoms. The molecule has 7 nitrogen and oxygen atoms in total. The van der Waals surface area contributed by atoms with Crippen molar-refractivity contribution in [3.63, 3.8) is 0 Å². The lowest BCUT2D eigenvalue weighted by Gasteiger charge is -2.41. The van der Waals surface area contributed by atoms with Crippen LogP contribution in [0.3, 0.4) is 0 Å². The number of hydrogen-bond donors (Lipinski definition) is 1. The molecule has 2 aromatic rings. The second-order valence-corrected chi connectivity index (χ2v) is 8.32. The van der Waals surface area contributed by atoms with Gasteiger partial charge in [-0.2, -0.15) is 0 Å². The van der Waals surface area contributed by atoms with Gasteiger partial charge in [0.2, 0.25) is 5.91 Å². The van der Waals surface area contributed by atoms with Gasteiger partial charge in [-0.1, -0.05) is 0 Å². The van der Waals surface area contributed by atoms with E-state index in [2.05, 4.69) is 5.32 Å². The fourth-order valence-corrected chi connectivity index (χ4v) is 3.09. The standard InChI is InChI=1S/C23H30N4O3/c1-16(28)24-19-12-8-18(9-13-19)22(30)27(23(2,3)4)26(7)21(29)17-10-14-20(15-11-17)25(5)6/h8-15H,1-7H3,(H,24,28). The number of carbonyl (C=O) groups excluding carboxylic acids is 3. The third-order valence-electron chi connectivity index (χ3n) is 4.50. The Bertz CT molecular complexity index is 913. The summed E-state index contributed by atoms with van der Waals surface area (Å²) >= 11 is 0. The maximum Gasteiger partial charge on any atom is 0.272 e. The normalized spacial score (nSPS) is 10.9. The molecule has 0 unspecified atom stereocenters. The van der Waals surface area contributed by atoms with Crippen LogP contribution in [0.4, 0.5) is 11.4 Å². The van der Waals surface area contributed by atoms with Crippen molar-refractivity contribution in [1.29, 1.82) is 0 Å². The van der Waals surface area contributed by atoms with Crippen molar-refractivity contribution in [1.82, 2.24) is 10.0 Å². The minimum atomic E-state index is -0.638. The molecular formula is C23H30N4O3. The SMILES string of the molecule is CC(=O)Nc1ccc(C(=O)N(N(C)C(=O)c2ccc(N(C)C)cc2)C(C)(C)C)cc1. The zero-order valence-electron chi connectivity index (χ0n) is 18.7. The lowest BCUT2D eigenvalue weighted by Crippen LogP contribution is -2.56. The highest BCUT2D eigenvalue weighted by Gasteiger charge is 2.34. The first kappa shape index (κ1) is 22.9. The molecule has 0 spiro atoms. The Labute approximate surface area is 178 Å². The van der Waals surface area contributed by atoms with Crippen molar-refractivity contribution in [3.05, 3.63) is 59.7 Å². The summed E-state index contributed by atoms with van der Waals surface area (Å²) in [5, 5.41) is 5.48. The summed E-state index contributed by atoms with van der Waals surface area (Å²) in [5.41, 5.74) is 1.86. The Balaban J connectivity index is 2.31. The second-order valence-electron chi connectivity index (χ2n) is 8.32. The molecule has 7 heteroatoms. The van der Waals surface area contributed by atoms with Crippen LogP contribution in [0.1, 0.15) is 48.4 Å². The van der Waals surface area contributed by atoms with Gasteiger partial charge in [0.15, 0.2) is 0 Å². The molecule has 0 saturated heterocycles. The van der Waals surface area contributed by atoms with Crippen molar-refractivity contribution in [3.8, 4) is 0 Å². The van der Waals surface area contributed by atoms with Crippen LogP contribution >= 0.6 is 0 Å². The van der Waals surface area contributed by atoms with Gasteiger partial charge in [-0.3, -0.25) is 14.4 Å². The smallest absolute Gasteiger partial charge is 0.272 e. The highest BCUT2D eigenvalue weighted by Crippen LogP contribution is 2.23. The third kappa shape index (κ3) is 5.37. The molecule has 0 bridgehead atoms. The summed E-state index contributed by atoms with van der Waals surface area (Å²) in [6.45, 7) is 7.03. The Morgan fingerprint density at radius 2 is 1.23 bits per heavy atom. The van der Waals surface area contributed by atoms with Crippen LogP contribution in [0.25, 0.3) is 0 Å². The van der Waals surface area contributed by atoms with Crippen LogP contribution < -0.4 is 10.2 Å². The van der Waals surface area contributed by atoms with E-state index in [-0.39, 0.29) is 17.7 Å². The third-order valence-corrected chi connectivity index (χ3v) is 4.50. The van der Waals surface area contributed by atoms with E-state index in [9.17, 15) is 14.4 Å². The van der Waals surface area contributed by atoms with Gasteiger partial charge in [0.1, 0.15) is 0 Å². The molecule has 1 N–H and O–H groups in total. The predicted octanol–water partition coefficient (Wildman–Crippen LogP) is 3.64. The number of amides is 3. The fraction of sp³-hybridized carbons (Fsp3) is 0.348. The average molecular weight is 411 g/mol. The van der Waals surface area contributed by atoms with E-state index < -0.39 is 5.54 Å². The minimum Gasteiger partial charge on any atom is -0.378 e. The van der Waals surface area contributed by atoms with Crippen LogP contribution in [0.5, 0.6) is 0 Å². The van der Waals surface area contributed by atoms with Crippen LogP contribution in [-0.4, -0.2) is 54.4 Å². The van der Waals surface area contributed by atoms with Crippen molar-refractivity contribution >= 4 is 29.1 Å². The van der Waals surface area contributed by atoms with E-state index in [1.807, 2.05) is 51.9 Å². The lowest BCUT2D eigenvalue weighted by atomic mass is 10.1. The van der Waals surface area contributed by atoms with Gasteiger partial charge in [-0.15, -0.1) is 0 Å². The molecule has 160 valence electrons. The number of anilines is 2. The molecule has 0 radical (unpaired) electrons. The van der Waals surface area contributed by atoms with Crippen LogP contribution in [-0.2, 0) is 4.79 Å². The molecule has 0 aromatic heterocycles. The van der Waals surface area contributed by atoms with Crippen molar-refractivity contribution in [2.75, 3.05) is 31.4 Å². The second kappa shape index (κ2) is 8.98. The minimum absolute atomic E-state index is 0.184. The van der Waals surface area contributed by atoms with E-state index >= 15 is 0 Å². The molecular weight excluding hydrogens is 380 g/mol. The topological polar surface area (TPSA) is 73.0 Å². The van der Waals surface area contributed by atoms with Gasteiger partial charge in [-0.05, 0) is 69.3 Å². The molecule has 0 fully saturated rings. The number of carbonyl (C=O) groups is 3. The molecule has 0 aliphatic carbocycles. The summed E-state index contributed by atoms with van der Waals surface area (Å²) in [7, 11) is 5.46. The Morgan fingerprint density at radius 1 is 0.767 bits per heavy atom. The van der Waals surface area contributed by atoms with Crippen LogP contribution in [0, 0.1) is 0 Å². The first-order valence-electron chi connectivity index (χ1n) is 9.69. The molecule has 2 aromatic carbocycles. The maximum atomic E-state index is 13.3. The summed E-state index contributed by atoms with van der Waals surface area (Å²) < 4.78 is 0. The van der Waals surface area contributed by atoms with Gasteiger partial charge in [0, 0.05) is 50.6 Å². The zero-order valence-corrected chi connectivity index (χ0v) is 18.7. The molecule has 3 amide bonds. The summed E-state index contributed by atoms with van der Waals surface area (Å²) in [5.74, 6) is -0.771. The number of benzene rings is 2. The van der Waals surface area contributed by atoms with E-state index in [1.165, 1.54) is 16.9 Å². The van der Waals surface area contributed by atoms with Gasteiger partial charge in [0.25, 0.3) is 11.8 Å². The lowest BCUT2D eigenvalue weighted by molar-refractivity contribution is -0.114. The van der Waals surface area contributed by atoms with Crippen molar-refractivity contribution in [2.45, 2.75) is 33.2 Å². The predicted molar refractivity (Wildman–Crippen MR) is 120 cm³/mol.